The number of ketones is 1. The summed E-state index contributed by atoms with van der Waals surface area (Å²) >= 11 is 0. The summed E-state index contributed by atoms with van der Waals surface area (Å²) in [7, 11) is 0. The minimum Gasteiger partial charge on any atom is -0.453 e. The summed E-state index contributed by atoms with van der Waals surface area (Å²) in [6.07, 6.45) is 0. The van der Waals surface area contributed by atoms with E-state index in [1.165, 1.54) is 18.2 Å². The molecule has 0 aliphatic carbocycles. The molecule has 1 aromatic heterocycles. The van der Waals surface area contributed by atoms with Crippen molar-refractivity contribution in [3.05, 3.63) is 71.2 Å². The molecule has 0 saturated heterocycles. The second-order valence-corrected chi connectivity index (χ2v) is 4.44. The Morgan fingerprint density at radius 2 is 1.89 bits per heavy atom. The van der Waals surface area contributed by atoms with Crippen molar-refractivity contribution in [1.82, 2.24) is 0 Å². The van der Waals surface area contributed by atoms with Crippen molar-refractivity contribution >= 4 is 16.8 Å². The molecule has 0 aliphatic heterocycles. The van der Waals surface area contributed by atoms with Crippen molar-refractivity contribution in [3.8, 4) is 0 Å². The van der Waals surface area contributed by atoms with E-state index >= 15 is 0 Å². The van der Waals surface area contributed by atoms with E-state index in [1.54, 1.807) is 13.0 Å². The first kappa shape index (κ1) is 11.7. The third kappa shape index (κ3) is 2.03. The van der Waals surface area contributed by atoms with E-state index in [-0.39, 0.29) is 17.4 Å². The molecule has 3 rings (SSSR count). The van der Waals surface area contributed by atoms with Gasteiger partial charge < -0.3 is 4.42 Å². The highest BCUT2D eigenvalue weighted by atomic mass is 19.1. The molecular formula is C16H11FO2. The molecule has 0 radical (unpaired) electrons. The van der Waals surface area contributed by atoms with Gasteiger partial charge in [0.2, 0.25) is 5.78 Å². The topological polar surface area (TPSA) is 30.2 Å². The predicted molar refractivity (Wildman–Crippen MR) is 70.8 cm³/mol. The summed E-state index contributed by atoms with van der Waals surface area (Å²) < 4.78 is 18.6. The van der Waals surface area contributed by atoms with Gasteiger partial charge >= 0.3 is 0 Å². The van der Waals surface area contributed by atoms with Gasteiger partial charge in [0.05, 0.1) is 0 Å². The van der Waals surface area contributed by atoms with Gasteiger partial charge in [-0.05, 0) is 42.8 Å². The summed E-state index contributed by atoms with van der Waals surface area (Å²) in [6, 6.07) is 13.2. The lowest BCUT2D eigenvalue weighted by molar-refractivity contribution is 0.101. The van der Waals surface area contributed by atoms with Gasteiger partial charge in [0, 0.05) is 10.9 Å². The van der Waals surface area contributed by atoms with Gasteiger partial charge in [-0.25, -0.2) is 4.39 Å². The second-order valence-electron chi connectivity index (χ2n) is 4.44. The number of para-hydroxylation sites is 1. The summed E-state index contributed by atoms with van der Waals surface area (Å²) in [5.74, 6) is -0.303. The quantitative estimate of drug-likeness (QED) is 0.644. The van der Waals surface area contributed by atoms with Gasteiger partial charge in [0.15, 0.2) is 5.76 Å². The number of carbonyl (C=O) groups is 1. The van der Waals surface area contributed by atoms with Crippen LogP contribution >= 0.6 is 0 Å². The summed E-state index contributed by atoms with van der Waals surface area (Å²) in [5.41, 5.74) is 1.73. The fourth-order valence-corrected chi connectivity index (χ4v) is 2.11. The Morgan fingerprint density at radius 1 is 1.11 bits per heavy atom. The van der Waals surface area contributed by atoms with Crippen LogP contribution in [0.3, 0.4) is 0 Å². The fraction of sp³-hybridized carbons (Fsp3) is 0.0625. The number of furan rings is 1. The molecule has 2 nitrogen and oxygen atoms in total. The minimum atomic E-state index is -0.348. The van der Waals surface area contributed by atoms with Gasteiger partial charge in [0.25, 0.3) is 0 Å². The van der Waals surface area contributed by atoms with Crippen molar-refractivity contribution in [2.75, 3.05) is 0 Å². The van der Waals surface area contributed by atoms with Crippen molar-refractivity contribution in [2.24, 2.45) is 0 Å². The maximum atomic E-state index is 13.0. The highest BCUT2D eigenvalue weighted by molar-refractivity contribution is 6.09. The summed E-state index contributed by atoms with van der Waals surface area (Å²) in [6.45, 7) is 1.71. The third-order valence-electron chi connectivity index (χ3n) is 3.08. The largest absolute Gasteiger partial charge is 0.453 e. The highest BCUT2D eigenvalue weighted by Crippen LogP contribution is 2.22. The van der Waals surface area contributed by atoms with Crippen LogP contribution in [-0.4, -0.2) is 5.78 Å². The van der Waals surface area contributed by atoms with E-state index in [9.17, 15) is 9.18 Å². The molecule has 94 valence electrons. The van der Waals surface area contributed by atoms with Crippen molar-refractivity contribution in [1.29, 1.82) is 0 Å². The standard InChI is InChI=1S/C16H11FO2/c1-10-8-12(17)6-7-13(10)16(18)15-9-11-4-2-3-5-14(11)19-15/h2-9H,1H3. The molecule has 0 spiro atoms. The summed E-state index contributed by atoms with van der Waals surface area (Å²) in [4.78, 5) is 12.3. The Hall–Kier alpha value is -2.42. The van der Waals surface area contributed by atoms with Crippen LogP contribution in [0.5, 0.6) is 0 Å². The number of benzene rings is 2. The molecule has 0 atom stereocenters. The maximum absolute atomic E-state index is 13.0. The van der Waals surface area contributed by atoms with Crippen molar-refractivity contribution in [2.45, 2.75) is 6.92 Å². The van der Waals surface area contributed by atoms with Gasteiger partial charge in [0.1, 0.15) is 11.4 Å². The molecular weight excluding hydrogens is 243 g/mol. The molecule has 0 saturated carbocycles. The Balaban J connectivity index is 2.08. The number of halogens is 1. The SMILES string of the molecule is Cc1cc(F)ccc1C(=O)c1cc2ccccc2o1. The molecule has 3 heteroatoms. The van der Waals surface area contributed by atoms with Crippen LogP contribution in [-0.2, 0) is 0 Å². The molecule has 0 bridgehead atoms. The van der Waals surface area contributed by atoms with E-state index in [1.807, 2.05) is 24.3 Å². The molecule has 0 fully saturated rings. The first-order chi connectivity index (χ1) is 9.15. The number of hydrogen-bond acceptors (Lipinski definition) is 2. The molecule has 0 unspecified atom stereocenters. The fourth-order valence-electron chi connectivity index (χ4n) is 2.11. The zero-order valence-electron chi connectivity index (χ0n) is 10.3. The van der Waals surface area contributed by atoms with E-state index < -0.39 is 0 Å². The first-order valence-electron chi connectivity index (χ1n) is 5.94. The van der Waals surface area contributed by atoms with Crippen LogP contribution in [0.25, 0.3) is 11.0 Å². The molecule has 0 amide bonds. The average Bonchev–Trinajstić information content (AvgIpc) is 2.81. The van der Waals surface area contributed by atoms with Crippen LogP contribution in [0.2, 0.25) is 0 Å². The number of rotatable bonds is 2. The minimum absolute atomic E-state index is 0.228. The van der Waals surface area contributed by atoms with Crippen LogP contribution in [0, 0.1) is 12.7 Å². The average molecular weight is 254 g/mol. The molecule has 1 heterocycles. The number of aryl methyl sites for hydroxylation is 1. The lowest BCUT2D eigenvalue weighted by Crippen LogP contribution is -2.02. The Kier molecular flexibility index (Phi) is 2.67. The zero-order chi connectivity index (χ0) is 13.4. The lowest BCUT2D eigenvalue weighted by Gasteiger charge is -2.02. The molecule has 0 N–H and O–H groups in total. The van der Waals surface area contributed by atoms with Gasteiger partial charge in [-0.1, -0.05) is 18.2 Å². The van der Waals surface area contributed by atoms with Crippen LogP contribution in [0.1, 0.15) is 21.7 Å². The lowest BCUT2D eigenvalue weighted by atomic mass is 10.0. The van der Waals surface area contributed by atoms with Gasteiger partial charge in [-0.15, -0.1) is 0 Å². The number of carbonyl (C=O) groups excluding carboxylic acids is 1. The predicted octanol–water partition coefficient (Wildman–Crippen LogP) is 4.11. The van der Waals surface area contributed by atoms with Gasteiger partial charge in [-0.2, -0.15) is 0 Å². The maximum Gasteiger partial charge on any atom is 0.228 e. The number of fused-ring (bicyclic) bond motifs is 1. The Morgan fingerprint density at radius 3 is 2.63 bits per heavy atom. The normalized spacial score (nSPS) is 10.8. The van der Waals surface area contributed by atoms with Gasteiger partial charge in [-0.3, -0.25) is 4.79 Å². The Bertz CT molecular complexity index is 738. The molecule has 0 aliphatic rings. The molecule has 3 aromatic rings. The van der Waals surface area contributed by atoms with Crippen LogP contribution in [0.4, 0.5) is 4.39 Å². The van der Waals surface area contributed by atoms with E-state index in [0.29, 0.717) is 16.7 Å². The number of hydrogen-bond donors (Lipinski definition) is 0. The van der Waals surface area contributed by atoms with E-state index in [0.717, 1.165) is 5.39 Å². The van der Waals surface area contributed by atoms with Crippen molar-refractivity contribution < 1.29 is 13.6 Å². The zero-order valence-corrected chi connectivity index (χ0v) is 10.3. The van der Waals surface area contributed by atoms with E-state index in [2.05, 4.69) is 0 Å². The molecule has 19 heavy (non-hydrogen) atoms. The Labute approximate surface area is 109 Å². The third-order valence-corrected chi connectivity index (χ3v) is 3.08. The first-order valence-corrected chi connectivity index (χ1v) is 5.94. The van der Waals surface area contributed by atoms with Crippen molar-refractivity contribution in [3.63, 3.8) is 0 Å². The smallest absolute Gasteiger partial charge is 0.228 e. The van der Waals surface area contributed by atoms with E-state index in [4.69, 9.17) is 4.42 Å². The summed E-state index contributed by atoms with van der Waals surface area (Å²) in [5, 5.41) is 0.880. The van der Waals surface area contributed by atoms with Crippen LogP contribution < -0.4 is 0 Å². The highest BCUT2D eigenvalue weighted by Gasteiger charge is 2.16. The van der Waals surface area contributed by atoms with Crippen LogP contribution in [0.15, 0.2) is 52.9 Å². The molecule has 2 aromatic carbocycles. The monoisotopic (exact) mass is 254 g/mol. The second kappa shape index (κ2) is 4.35.